The van der Waals surface area contributed by atoms with E-state index in [-0.39, 0.29) is 24.0 Å². The van der Waals surface area contributed by atoms with Crippen LogP contribution in [0.5, 0.6) is 0 Å². The van der Waals surface area contributed by atoms with E-state index in [4.69, 9.17) is 16.3 Å². The Kier molecular flexibility index (Phi) is 4.71. The Labute approximate surface area is 145 Å². The van der Waals surface area contributed by atoms with Gasteiger partial charge in [0.25, 0.3) is 5.91 Å². The van der Waals surface area contributed by atoms with Crippen molar-refractivity contribution in [2.45, 2.75) is 25.5 Å². The molecule has 0 spiro atoms. The molecule has 1 fully saturated rings. The minimum Gasteiger partial charge on any atom is -0.461 e. The maximum absolute atomic E-state index is 12.1. The van der Waals surface area contributed by atoms with Crippen molar-refractivity contribution in [1.82, 2.24) is 0 Å². The van der Waals surface area contributed by atoms with Gasteiger partial charge in [-0.3, -0.25) is 4.79 Å². The van der Waals surface area contributed by atoms with Crippen LogP contribution in [-0.4, -0.2) is 24.0 Å². The topological polar surface area (TPSA) is 67.4 Å². The highest BCUT2D eigenvalue weighted by Gasteiger charge is 2.31. The van der Waals surface area contributed by atoms with Gasteiger partial charge in [-0.25, -0.2) is 4.79 Å². The number of anilines is 2. The molecule has 1 aliphatic heterocycles. The Morgan fingerprint density at radius 1 is 1.08 bits per heavy atom. The van der Waals surface area contributed by atoms with Crippen LogP contribution >= 0.6 is 11.6 Å². The molecule has 2 atom stereocenters. The quantitative estimate of drug-likeness (QED) is 0.830. The predicted molar refractivity (Wildman–Crippen MR) is 93.4 cm³/mol. The lowest BCUT2D eigenvalue weighted by Gasteiger charge is -2.11. The average molecular weight is 345 g/mol. The van der Waals surface area contributed by atoms with Gasteiger partial charge in [-0.15, -0.1) is 0 Å². The summed E-state index contributed by atoms with van der Waals surface area (Å²) >= 11 is 5.81. The molecule has 0 bridgehead atoms. The lowest BCUT2D eigenvalue weighted by atomic mass is 10.1. The van der Waals surface area contributed by atoms with E-state index in [1.807, 2.05) is 19.1 Å². The zero-order valence-corrected chi connectivity index (χ0v) is 13.8. The number of carbonyl (C=O) groups is 2. The second kappa shape index (κ2) is 6.93. The number of carbonyl (C=O) groups excluding carboxylic acids is 2. The number of nitrogens with one attached hydrogen (secondary N) is 2. The summed E-state index contributed by atoms with van der Waals surface area (Å²) in [6.45, 7) is 1.87. The van der Waals surface area contributed by atoms with Gasteiger partial charge in [0.1, 0.15) is 12.1 Å². The third-order valence-electron chi connectivity index (χ3n) is 3.76. The summed E-state index contributed by atoms with van der Waals surface area (Å²) in [6.07, 6.45) is 0.585. The van der Waals surface area contributed by atoms with E-state index >= 15 is 0 Å². The van der Waals surface area contributed by atoms with Gasteiger partial charge >= 0.3 is 5.97 Å². The van der Waals surface area contributed by atoms with Gasteiger partial charge < -0.3 is 15.4 Å². The number of cyclic esters (lactones) is 1. The number of hydrogen-bond acceptors (Lipinski definition) is 4. The Balaban J connectivity index is 1.61. The van der Waals surface area contributed by atoms with Crippen LogP contribution in [0, 0.1) is 0 Å². The van der Waals surface area contributed by atoms with Crippen LogP contribution in [-0.2, 0) is 9.53 Å². The van der Waals surface area contributed by atoms with Crippen LogP contribution in [0.3, 0.4) is 0 Å². The zero-order chi connectivity index (χ0) is 17.1. The summed E-state index contributed by atoms with van der Waals surface area (Å²) in [5.41, 5.74) is 2.00. The summed E-state index contributed by atoms with van der Waals surface area (Å²) in [7, 11) is 0. The van der Waals surface area contributed by atoms with Crippen LogP contribution in [0.4, 0.5) is 11.4 Å². The van der Waals surface area contributed by atoms with Crippen molar-refractivity contribution in [2.75, 3.05) is 10.6 Å². The van der Waals surface area contributed by atoms with Crippen molar-refractivity contribution >= 4 is 34.9 Å². The molecule has 0 saturated carbocycles. The highest BCUT2D eigenvalue weighted by molar-refractivity contribution is 6.30. The van der Waals surface area contributed by atoms with Crippen LogP contribution in [0.15, 0.2) is 48.5 Å². The summed E-state index contributed by atoms with van der Waals surface area (Å²) < 4.78 is 5.11. The van der Waals surface area contributed by atoms with Crippen molar-refractivity contribution in [2.24, 2.45) is 0 Å². The smallest absolute Gasteiger partial charge is 0.328 e. The number of hydrogen-bond donors (Lipinski definition) is 2. The highest BCUT2D eigenvalue weighted by atomic mass is 35.5. The maximum atomic E-state index is 12.1. The fraction of sp³-hybridized carbons (Fsp3) is 0.222. The van der Waals surface area contributed by atoms with E-state index in [1.165, 1.54) is 0 Å². The largest absolute Gasteiger partial charge is 0.461 e. The maximum Gasteiger partial charge on any atom is 0.328 e. The van der Waals surface area contributed by atoms with Gasteiger partial charge in [0.2, 0.25) is 0 Å². The molecular weight excluding hydrogens is 328 g/mol. The van der Waals surface area contributed by atoms with Crippen LogP contribution in [0.2, 0.25) is 5.02 Å². The van der Waals surface area contributed by atoms with Crippen molar-refractivity contribution in [3.63, 3.8) is 0 Å². The van der Waals surface area contributed by atoms with E-state index in [1.54, 1.807) is 36.4 Å². The Hall–Kier alpha value is -2.53. The summed E-state index contributed by atoms with van der Waals surface area (Å²) in [6, 6.07) is 13.5. The third kappa shape index (κ3) is 3.86. The molecular formula is C18H17ClN2O3. The van der Waals surface area contributed by atoms with E-state index in [0.717, 1.165) is 5.69 Å². The van der Waals surface area contributed by atoms with Crippen molar-refractivity contribution in [3.05, 3.63) is 59.1 Å². The summed E-state index contributed by atoms with van der Waals surface area (Å²) in [4.78, 5) is 23.8. The van der Waals surface area contributed by atoms with Crippen molar-refractivity contribution < 1.29 is 14.3 Å². The first-order valence-corrected chi connectivity index (χ1v) is 8.03. The molecule has 2 aromatic carbocycles. The molecule has 5 nitrogen and oxygen atoms in total. The van der Waals surface area contributed by atoms with Crippen LogP contribution in [0.1, 0.15) is 23.7 Å². The molecule has 24 heavy (non-hydrogen) atoms. The number of ether oxygens (including phenoxy) is 1. The lowest BCUT2D eigenvalue weighted by molar-refractivity contribution is -0.141. The molecule has 3 rings (SSSR count). The fourth-order valence-electron chi connectivity index (χ4n) is 2.53. The second-order valence-electron chi connectivity index (χ2n) is 5.72. The van der Waals surface area contributed by atoms with Gasteiger partial charge in [0, 0.05) is 28.4 Å². The third-order valence-corrected chi connectivity index (χ3v) is 4.01. The van der Waals surface area contributed by atoms with E-state index in [0.29, 0.717) is 22.7 Å². The second-order valence-corrected chi connectivity index (χ2v) is 6.15. The molecule has 1 heterocycles. The molecule has 1 saturated heterocycles. The minimum atomic E-state index is -0.325. The molecule has 0 aromatic heterocycles. The van der Waals surface area contributed by atoms with Gasteiger partial charge in [0.15, 0.2) is 0 Å². The Morgan fingerprint density at radius 2 is 1.71 bits per heavy atom. The first kappa shape index (κ1) is 16.3. The number of rotatable bonds is 4. The molecule has 124 valence electrons. The molecule has 1 aliphatic rings. The molecule has 2 aromatic rings. The average Bonchev–Trinajstić information content (AvgIpc) is 2.87. The minimum absolute atomic E-state index is 0.0621. The van der Waals surface area contributed by atoms with Gasteiger partial charge in [0.05, 0.1) is 0 Å². The first-order valence-electron chi connectivity index (χ1n) is 7.65. The lowest BCUT2D eigenvalue weighted by Crippen LogP contribution is -2.24. The first-order chi connectivity index (χ1) is 11.5. The van der Waals surface area contributed by atoms with Crippen molar-refractivity contribution in [1.29, 1.82) is 0 Å². The van der Waals surface area contributed by atoms with Crippen LogP contribution in [0.25, 0.3) is 0 Å². The monoisotopic (exact) mass is 344 g/mol. The van der Waals surface area contributed by atoms with Gasteiger partial charge in [-0.2, -0.15) is 0 Å². The summed E-state index contributed by atoms with van der Waals surface area (Å²) in [5.74, 6) is -0.441. The number of esters is 1. The number of benzene rings is 2. The van der Waals surface area contributed by atoms with E-state index < -0.39 is 0 Å². The van der Waals surface area contributed by atoms with Gasteiger partial charge in [-0.1, -0.05) is 11.6 Å². The molecule has 1 amide bonds. The number of amides is 1. The fourth-order valence-corrected chi connectivity index (χ4v) is 2.66. The SMILES string of the molecule is CC1CC(Nc2ccc(NC(=O)c3ccc(Cl)cc3)cc2)C(=O)O1. The van der Waals surface area contributed by atoms with Crippen molar-refractivity contribution in [3.8, 4) is 0 Å². The number of halogens is 1. The van der Waals surface area contributed by atoms with E-state index in [2.05, 4.69) is 10.6 Å². The predicted octanol–water partition coefficient (Wildman–Crippen LogP) is 3.71. The Morgan fingerprint density at radius 3 is 2.29 bits per heavy atom. The molecule has 0 aliphatic carbocycles. The van der Waals surface area contributed by atoms with Gasteiger partial charge in [-0.05, 0) is 55.5 Å². The molecule has 2 unspecified atom stereocenters. The standard InChI is InChI=1S/C18H17ClN2O3/c1-11-10-16(18(23)24-11)20-14-6-8-15(9-7-14)21-17(22)12-2-4-13(19)5-3-12/h2-9,11,16,20H,10H2,1H3,(H,21,22). The normalized spacial score (nSPS) is 19.7. The molecule has 0 radical (unpaired) electrons. The van der Waals surface area contributed by atoms with Crippen LogP contribution < -0.4 is 10.6 Å². The Bertz CT molecular complexity index is 744. The molecule has 2 N–H and O–H groups in total. The zero-order valence-electron chi connectivity index (χ0n) is 13.1. The summed E-state index contributed by atoms with van der Waals surface area (Å²) in [5, 5.41) is 6.54. The highest BCUT2D eigenvalue weighted by Crippen LogP contribution is 2.21. The molecule has 6 heteroatoms. The van der Waals surface area contributed by atoms with E-state index in [9.17, 15) is 9.59 Å².